The maximum atomic E-state index is 5.99. The SMILES string of the molecule is CNc1cccc(OC2CC(C)CC(C)C2)n1. The number of nitrogens with zero attached hydrogens (tertiary/aromatic N) is 1. The Bertz CT molecular complexity index is 357. The summed E-state index contributed by atoms with van der Waals surface area (Å²) < 4.78 is 5.99. The fraction of sp³-hybridized carbons (Fsp3) is 0.643. The first-order valence-electron chi connectivity index (χ1n) is 6.49. The number of anilines is 1. The van der Waals surface area contributed by atoms with Gasteiger partial charge in [-0.2, -0.15) is 4.98 Å². The number of pyridine rings is 1. The molecule has 0 aliphatic heterocycles. The summed E-state index contributed by atoms with van der Waals surface area (Å²) in [4.78, 5) is 4.40. The van der Waals surface area contributed by atoms with Crippen LogP contribution in [0.5, 0.6) is 5.88 Å². The van der Waals surface area contributed by atoms with Gasteiger partial charge in [-0.15, -0.1) is 0 Å². The minimum atomic E-state index is 0.327. The van der Waals surface area contributed by atoms with Crippen molar-refractivity contribution in [3.05, 3.63) is 18.2 Å². The first-order chi connectivity index (χ1) is 8.17. The number of nitrogens with one attached hydrogen (secondary N) is 1. The molecule has 17 heavy (non-hydrogen) atoms. The van der Waals surface area contributed by atoms with E-state index in [2.05, 4.69) is 24.1 Å². The summed E-state index contributed by atoms with van der Waals surface area (Å²) in [6.07, 6.45) is 3.95. The molecule has 0 aromatic carbocycles. The molecule has 1 aromatic heterocycles. The Morgan fingerprint density at radius 2 is 1.88 bits per heavy atom. The molecular formula is C14H22N2O. The van der Waals surface area contributed by atoms with Crippen molar-refractivity contribution in [1.29, 1.82) is 0 Å². The molecular weight excluding hydrogens is 212 g/mol. The van der Waals surface area contributed by atoms with Crippen LogP contribution in [0.3, 0.4) is 0 Å². The maximum Gasteiger partial charge on any atom is 0.215 e. The second-order valence-electron chi connectivity index (χ2n) is 5.27. The van der Waals surface area contributed by atoms with E-state index in [1.165, 1.54) is 6.42 Å². The lowest BCUT2D eigenvalue weighted by Gasteiger charge is -2.31. The van der Waals surface area contributed by atoms with Gasteiger partial charge in [0.25, 0.3) is 0 Å². The van der Waals surface area contributed by atoms with Gasteiger partial charge in [0.1, 0.15) is 11.9 Å². The van der Waals surface area contributed by atoms with Crippen LogP contribution in [-0.2, 0) is 0 Å². The van der Waals surface area contributed by atoms with E-state index in [1.807, 2.05) is 25.2 Å². The predicted octanol–water partition coefficient (Wildman–Crippen LogP) is 3.33. The molecule has 0 amide bonds. The van der Waals surface area contributed by atoms with Crippen LogP contribution < -0.4 is 10.1 Å². The van der Waals surface area contributed by atoms with Gasteiger partial charge in [-0.25, -0.2) is 0 Å². The molecule has 2 atom stereocenters. The smallest absolute Gasteiger partial charge is 0.215 e. The van der Waals surface area contributed by atoms with Crippen LogP contribution in [0.15, 0.2) is 18.2 Å². The van der Waals surface area contributed by atoms with E-state index < -0.39 is 0 Å². The Morgan fingerprint density at radius 3 is 2.53 bits per heavy atom. The van der Waals surface area contributed by atoms with E-state index in [9.17, 15) is 0 Å². The summed E-state index contributed by atoms with van der Waals surface area (Å²) in [5.41, 5.74) is 0. The molecule has 1 aliphatic rings. The predicted molar refractivity (Wildman–Crippen MR) is 70.4 cm³/mol. The van der Waals surface area contributed by atoms with E-state index in [0.717, 1.165) is 36.4 Å². The molecule has 1 N–H and O–H groups in total. The molecule has 1 aliphatic carbocycles. The van der Waals surface area contributed by atoms with E-state index in [0.29, 0.717) is 6.10 Å². The van der Waals surface area contributed by atoms with Crippen LogP contribution in [0.1, 0.15) is 33.1 Å². The lowest BCUT2D eigenvalue weighted by Crippen LogP contribution is -2.28. The molecule has 1 saturated carbocycles. The summed E-state index contributed by atoms with van der Waals surface area (Å²) in [6, 6.07) is 5.85. The number of hydrogen-bond acceptors (Lipinski definition) is 3. The third kappa shape index (κ3) is 3.35. The van der Waals surface area contributed by atoms with Crippen molar-refractivity contribution in [3.8, 4) is 5.88 Å². The first-order valence-corrected chi connectivity index (χ1v) is 6.49. The average Bonchev–Trinajstić information content (AvgIpc) is 2.28. The molecule has 0 spiro atoms. The first kappa shape index (κ1) is 12.2. The fourth-order valence-corrected chi connectivity index (χ4v) is 2.76. The average molecular weight is 234 g/mol. The van der Waals surface area contributed by atoms with Gasteiger partial charge in [0.15, 0.2) is 0 Å². The number of rotatable bonds is 3. The highest BCUT2D eigenvalue weighted by molar-refractivity contribution is 5.36. The second kappa shape index (κ2) is 5.39. The lowest BCUT2D eigenvalue weighted by molar-refractivity contribution is 0.0969. The summed E-state index contributed by atoms with van der Waals surface area (Å²) in [5.74, 6) is 3.12. The molecule has 0 saturated heterocycles. The molecule has 2 unspecified atom stereocenters. The summed E-state index contributed by atoms with van der Waals surface area (Å²) in [5, 5.41) is 3.03. The van der Waals surface area contributed by atoms with Gasteiger partial charge in [0, 0.05) is 13.1 Å². The Labute approximate surface area is 104 Å². The quantitative estimate of drug-likeness (QED) is 0.871. The third-order valence-electron chi connectivity index (χ3n) is 3.40. The summed E-state index contributed by atoms with van der Waals surface area (Å²) in [7, 11) is 1.87. The molecule has 1 aromatic rings. The van der Waals surface area contributed by atoms with Crippen LogP contribution in [0.2, 0.25) is 0 Å². The molecule has 3 heteroatoms. The van der Waals surface area contributed by atoms with Crippen molar-refractivity contribution < 1.29 is 4.74 Å². The van der Waals surface area contributed by atoms with Gasteiger partial charge in [-0.05, 0) is 37.2 Å². The van der Waals surface area contributed by atoms with Crippen molar-refractivity contribution in [2.75, 3.05) is 12.4 Å². The van der Waals surface area contributed by atoms with Crippen LogP contribution in [0.25, 0.3) is 0 Å². The molecule has 2 rings (SSSR count). The van der Waals surface area contributed by atoms with E-state index in [1.54, 1.807) is 0 Å². The minimum absolute atomic E-state index is 0.327. The highest BCUT2D eigenvalue weighted by Gasteiger charge is 2.25. The second-order valence-corrected chi connectivity index (χ2v) is 5.27. The largest absolute Gasteiger partial charge is 0.474 e. The van der Waals surface area contributed by atoms with Crippen LogP contribution in [0, 0.1) is 11.8 Å². The van der Waals surface area contributed by atoms with E-state index >= 15 is 0 Å². The van der Waals surface area contributed by atoms with Gasteiger partial charge in [0.2, 0.25) is 5.88 Å². The Morgan fingerprint density at radius 1 is 1.18 bits per heavy atom. The van der Waals surface area contributed by atoms with Gasteiger partial charge in [-0.1, -0.05) is 19.9 Å². The summed E-state index contributed by atoms with van der Waals surface area (Å²) >= 11 is 0. The zero-order chi connectivity index (χ0) is 12.3. The molecule has 0 bridgehead atoms. The van der Waals surface area contributed by atoms with Gasteiger partial charge in [-0.3, -0.25) is 0 Å². The van der Waals surface area contributed by atoms with Gasteiger partial charge < -0.3 is 10.1 Å². The van der Waals surface area contributed by atoms with Crippen molar-refractivity contribution in [2.24, 2.45) is 11.8 Å². The van der Waals surface area contributed by atoms with Crippen LogP contribution in [0.4, 0.5) is 5.82 Å². The Hall–Kier alpha value is -1.25. The van der Waals surface area contributed by atoms with Crippen molar-refractivity contribution in [3.63, 3.8) is 0 Å². The van der Waals surface area contributed by atoms with Crippen molar-refractivity contribution >= 4 is 5.82 Å². The topological polar surface area (TPSA) is 34.1 Å². The van der Waals surface area contributed by atoms with Gasteiger partial charge >= 0.3 is 0 Å². The highest BCUT2D eigenvalue weighted by Crippen LogP contribution is 2.30. The standard InChI is InChI=1S/C14H22N2O/c1-10-7-11(2)9-12(8-10)17-14-6-4-5-13(15-3)16-14/h4-6,10-12H,7-9H2,1-3H3,(H,15,16). The Balaban J connectivity index is 1.99. The van der Waals surface area contributed by atoms with E-state index in [-0.39, 0.29) is 0 Å². The number of aromatic nitrogens is 1. The fourth-order valence-electron chi connectivity index (χ4n) is 2.76. The third-order valence-corrected chi connectivity index (χ3v) is 3.40. The minimum Gasteiger partial charge on any atom is -0.474 e. The monoisotopic (exact) mass is 234 g/mol. The zero-order valence-electron chi connectivity index (χ0n) is 10.9. The number of ether oxygens (including phenoxy) is 1. The van der Waals surface area contributed by atoms with Gasteiger partial charge in [0.05, 0.1) is 0 Å². The number of hydrogen-bond donors (Lipinski definition) is 1. The van der Waals surface area contributed by atoms with Crippen molar-refractivity contribution in [1.82, 2.24) is 4.98 Å². The normalized spacial score (nSPS) is 28.8. The molecule has 1 fully saturated rings. The zero-order valence-corrected chi connectivity index (χ0v) is 10.9. The highest BCUT2D eigenvalue weighted by atomic mass is 16.5. The molecule has 94 valence electrons. The lowest BCUT2D eigenvalue weighted by atomic mass is 9.82. The molecule has 1 heterocycles. The van der Waals surface area contributed by atoms with E-state index in [4.69, 9.17) is 4.74 Å². The van der Waals surface area contributed by atoms with Crippen LogP contribution in [-0.4, -0.2) is 18.1 Å². The molecule has 0 radical (unpaired) electrons. The summed E-state index contributed by atoms with van der Waals surface area (Å²) in [6.45, 7) is 4.62. The molecule has 3 nitrogen and oxygen atoms in total. The Kier molecular flexibility index (Phi) is 3.87. The maximum absolute atomic E-state index is 5.99. The van der Waals surface area contributed by atoms with Crippen molar-refractivity contribution in [2.45, 2.75) is 39.2 Å². The van der Waals surface area contributed by atoms with Crippen LogP contribution >= 0.6 is 0 Å².